The highest BCUT2D eigenvalue weighted by Crippen LogP contribution is 2.48. The molecule has 218 valence electrons. The Bertz CT molecular complexity index is 2670. The summed E-state index contributed by atoms with van der Waals surface area (Å²) in [4.78, 5) is 15.4. The number of nitrogens with zero attached hydrogens (tertiary/aromatic N) is 3. The van der Waals surface area contributed by atoms with Gasteiger partial charge in [-0.1, -0.05) is 133 Å². The summed E-state index contributed by atoms with van der Waals surface area (Å²) in [5.41, 5.74) is 11.7. The molecule has 0 aliphatic heterocycles. The molecule has 2 aromatic heterocycles. The molecule has 9 aromatic rings. The first-order chi connectivity index (χ1) is 23.3. The van der Waals surface area contributed by atoms with Gasteiger partial charge in [-0.2, -0.15) is 0 Å². The first-order valence-electron chi connectivity index (χ1n) is 15.8. The largest absolute Gasteiger partial charge is 0.456 e. The SMILES string of the molecule is c1ccc(-c2ccc(-c3nc(-c4ccc5c(c4)-c4cccc6cccc-5c46)nc(-c4cccc5oc6ccccc6c45)n3)cc2)cc1. The Hall–Kier alpha value is -6.39. The van der Waals surface area contributed by atoms with Crippen LogP contribution >= 0.6 is 0 Å². The molecule has 0 unspecified atom stereocenters. The zero-order valence-electron chi connectivity index (χ0n) is 25.2. The molecule has 47 heavy (non-hydrogen) atoms. The van der Waals surface area contributed by atoms with Crippen LogP contribution in [0.2, 0.25) is 0 Å². The van der Waals surface area contributed by atoms with E-state index in [0.717, 1.165) is 44.2 Å². The van der Waals surface area contributed by atoms with Crippen LogP contribution in [0.1, 0.15) is 0 Å². The average molecular weight is 600 g/mol. The van der Waals surface area contributed by atoms with Gasteiger partial charge in [0.15, 0.2) is 17.5 Å². The smallest absolute Gasteiger partial charge is 0.164 e. The highest BCUT2D eigenvalue weighted by molar-refractivity contribution is 6.16. The van der Waals surface area contributed by atoms with Gasteiger partial charge in [-0.25, -0.2) is 15.0 Å². The minimum absolute atomic E-state index is 0.611. The van der Waals surface area contributed by atoms with Crippen molar-refractivity contribution >= 4 is 32.7 Å². The molecule has 0 radical (unpaired) electrons. The second-order valence-electron chi connectivity index (χ2n) is 12.0. The van der Waals surface area contributed by atoms with Gasteiger partial charge >= 0.3 is 0 Å². The minimum atomic E-state index is 0.611. The molecule has 0 N–H and O–H groups in total. The third-order valence-electron chi connectivity index (χ3n) is 9.29. The summed E-state index contributed by atoms with van der Waals surface area (Å²) in [5.74, 6) is 1.87. The normalized spacial score (nSPS) is 11.8. The van der Waals surface area contributed by atoms with Crippen molar-refractivity contribution in [2.45, 2.75) is 0 Å². The molecular formula is C43H25N3O. The summed E-state index contributed by atoms with van der Waals surface area (Å²) >= 11 is 0. The fraction of sp³-hybridized carbons (Fsp3) is 0. The molecule has 0 amide bonds. The van der Waals surface area contributed by atoms with Crippen molar-refractivity contribution < 1.29 is 4.42 Å². The molecule has 0 spiro atoms. The van der Waals surface area contributed by atoms with Crippen LogP contribution in [0.25, 0.3) is 100 Å². The summed E-state index contributed by atoms with van der Waals surface area (Å²) in [6.07, 6.45) is 0. The second-order valence-corrected chi connectivity index (χ2v) is 12.0. The van der Waals surface area contributed by atoms with Crippen molar-refractivity contribution in [1.82, 2.24) is 15.0 Å². The van der Waals surface area contributed by atoms with Gasteiger partial charge in [0.05, 0.1) is 0 Å². The van der Waals surface area contributed by atoms with Crippen molar-refractivity contribution in [3.63, 3.8) is 0 Å². The molecule has 0 fully saturated rings. The molecule has 0 atom stereocenters. The number of fused-ring (bicyclic) bond motifs is 6. The maximum Gasteiger partial charge on any atom is 0.164 e. The third-order valence-corrected chi connectivity index (χ3v) is 9.29. The van der Waals surface area contributed by atoms with Crippen LogP contribution in [-0.2, 0) is 0 Å². The van der Waals surface area contributed by atoms with Gasteiger partial charge < -0.3 is 4.42 Å². The van der Waals surface area contributed by atoms with Crippen molar-refractivity contribution in [2.75, 3.05) is 0 Å². The van der Waals surface area contributed by atoms with E-state index < -0.39 is 0 Å². The molecule has 1 aliphatic rings. The molecule has 0 saturated carbocycles. The van der Waals surface area contributed by atoms with E-state index in [1.807, 2.05) is 36.4 Å². The van der Waals surface area contributed by atoms with Crippen molar-refractivity contribution in [2.24, 2.45) is 0 Å². The summed E-state index contributed by atoms with van der Waals surface area (Å²) in [6.45, 7) is 0. The van der Waals surface area contributed by atoms with E-state index in [0.29, 0.717) is 17.5 Å². The van der Waals surface area contributed by atoms with Gasteiger partial charge in [-0.3, -0.25) is 0 Å². The fourth-order valence-corrected chi connectivity index (χ4v) is 7.09. The summed E-state index contributed by atoms with van der Waals surface area (Å²) in [7, 11) is 0. The molecule has 7 aromatic carbocycles. The Morgan fingerprint density at radius 2 is 0.936 bits per heavy atom. The monoisotopic (exact) mass is 599 g/mol. The lowest BCUT2D eigenvalue weighted by molar-refractivity contribution is 0.669. The fourth-order valence-electron chi connectivity index (χ4n) is 7.09. The zero-order chi connectivity index (χ0) is 30.9. The van der Waals surface area contributed by atoms with Crippen LogP contribution in [0, 0.1) is 0 Å². The first-order valence-corrected chi connectivity index (χ1v) is 15.8. The molecule has 4 heteroatoms. The predicted octanol–water partition coefficient (Wildman–Crippen LogP) is 11.2. The summed E-state index contributed by atoms with van der Waals surface area (Å²) in [5, 5.41) is 4.59. The van der Waals surface area contributed by atoms with Gasteiger partial charge in [0.2, 0.25) is 0 Å². The second kappa shape index (κ2) is 10.1. The van der Waals surface area contributed by atoms with E-state index >= 15 is 0 Å². The van der Waals surface area contributed by atoms with E-state index in [1.54, 1.807) is 0 Å². The number of para-hydroxylation sites is 1. The molecular weight excluding hydrogens is 574 g/mol. The number of hydrogen-bond donors (Lipinski definition) is 0. The quantitative estimate of drug-likeness (QED) is 0.202. The summed E-state index contributed by atoms with van der Waals surface area (Å²) in [6, 6.07) is 52.7. The average Bonchev–Trinajstić information content (AvgIpc) is 3.69. The maximum atomic E-state index is 6.24. The van der Waals surface area contributed by atoms with Crippen LogP contribution in [0.4, 0.5) is 0 Å². The standard InChI is InChI=1S/C43H25N3O/c1-2-9-26(10-3-1)27-19-21-29(22-20-27)41-44-42(30-23-24-31-32-14-6-11-28-12-7-15-33(39(28)32)36(31)25-30)46-43(45-41)35-16-8-18-38-40(35)34-13-4-5-17-37(34)47-38/h1-25H. The van der Waals surface area contributed by atoms with E-state index in [1.165, 1.54) is 38.6 Å². The van der Waals surface area contributed by atoms with Crippen LogP contribution < -0.4 is 0 Å². The minimum Gasteiger partial charge on any atom is -0.456 e. The van der Waals surface area contributed by atoms with Gasteiger partial charge in [0, 0.05) is 27.5 Å². The van der Waals surface area contributed by atoms with Crippen molar-refractivity contribution in [1.29, 1.82) is 0 Å². The number of aromatic nitrogens is 3. The van der Waals surface area contributed by atoms with E-state index in [9.17, 15) is 0 Å². The molecule has 0 saturated heterocycles. The van der Waals surface area contributed by atoms with Crippen LogP contribution in [0.5, 0.6) is 0 Å². The molecule has 4 nitrogen and oxygen atoms in total. The Morgan fingerprint density at radius 1 is 0.340 bits per heavy atom. The topological polar surface area (TPSA) is 51.8 Å². The van der Waals surface area contributed by atoms with Gasteiger partial charge in [-0.15, -0.1) is 0 Å². The Balaban J connectivity index is 1.18. The van der Waals surface area contributed by atoms with Crippen LogP contribution in [0.3, 0.4) is 0 Å². The molecule has 0 bridgehead atoms. The number of rotatable bonds is 4. The van der Waals surface area contributed by atoms with E-state index in [4.69, 9.17) is 19.4 Å². The number of hydrogen-bond acceptors (Lipinski definition) is 4. The van der Waals surface area contributed by atoms with Crippen molar-refractivity contribution in [3.8, 4) is 67.5 Å². The van der Waals surface area contributed by atoms with E-state index in [2.05, 4.69) is 115 Å². The van der Waals surface area contributed by atoms with Gasteiger partial charge in [-0.05, 0) is 62.4 Å². The number of benzene rings is 7. The lowest BCUT2D eigenvalue weighted by Crippen LogP contribution is -2.00. The molecule has 1 aliphatic carbocycles. The van der Waals surface area contributed by atoms with Crippen LogP contribution in [0.15, 0.2) is 156 Å². The van der Waals surface area contributed by atoms with E-state index in [-0.39, 0.29) is 0 Å². The van der Waals surface area contributed by atoms with Crippen molar-refractivity contribution in [3.05, 3.63) is 152 Å². The zero-order valence-corrected chi connectivity index (χ0v) is 25.2. The lowest BCUT2D eigenvalue weighted by atomic mass is 10.0. The number of furan rings is 1. The lowest BCUT2D eigenvalue weighted by Gasteiger charge is -2.11. The Labute approximate surface area is 270 Å². The summed E-state index contributed by atoms with van der Waals surface area (Å²) < 4.78 is 6.24. The van der Waals surface area contributed by atoms with Crippen LogP contribution in [-0.4, -0.2) is 15.0 Å². The first kappa shape index (κ1) is 25.9. The predicted molar refractivity (Wildman–Crippen MR) is 191 cm³/mol. The van der Waals surface area contributed by atoms with Gasteiger partial charge in [0.1, 0.15) is 11.2 Å². The maximum absolute atomic E-state index is 6.24. The molecule has 2 heterocycles. The Morgan fingerprint density at radius 3 is 1.77 bits per heavy atom. The Kier molecular flexibility index (Phi) is 5.54. The highest BCUT2D eigenvalue weighted by atomic mass is 16.3. The molecule has 10 rings (SSSR count). The third kappa shape index (κ3) is 4.05. The highest BCUT2D eigenvalue weighted by Gasteiger charge is 2.23. The van der Waals surface area contributed by atoms with Gasteiger partial charge in [0.25, 0.3) is 0 Å².